The van der Waals surface area contributed by atoms with Crippen molar-refractivity contribution >= 4 is 6.41 Å². The Morgan fingerprint density at radius 3 is 2.27 bits per heavy atom. The van der Waals surface area contributed by atoms with Crippen LogP contribution in [0.15, 0.2) is 0 Å². The molecule has 2 rings (SSSR count). The van der Waals surface area contributed by atoms with Crippen molar-refractivity contribution in [3.8, 4) is 0 Å². The third-order valence-electron chi connectivity index (χ3n) is 2.89. The maximum absolute atomic E-state index is 10.6. The predicted octanol–water partition coefficient (Wildman–Crippen LogP) is 0.130. The van der Waals surface area contributed by atoms with Crippen LogP contribution in [0, 0.1) is 0 Å². The standard InChI is InChI=1S/C8H13NO2/c10-5-9-6-1-2-7(9)4-8(11)3-6/h5-8,11H,1-4H2/t6-,7+,8?. The van der Waals surface area contributed by atoms with E-state index in [1.165, 1.54) is 0 Å². The molecular weight excluding hydrogens is 142 g/mol. The molecule has 62 valence electrons. The van der Waals surface area contributed by atoms with E-state index in [9.17, 15) is 9.90 Å². The van der Waals surface area contributed by atoms with Crippen molar-refractivity contribution in [1.82, 2.24) is 4.90 Å². The van der Waals surface area contributed by atoms with Gasteiger partial charge in [0.25, 0.3) is 0 Å². The van der Waals surface area contributed by atoms with Gasteiger partial charge in [0, 0.05) is 12.1 Å². The number of aliphatic hydroxyl groups is 1. The number of aliphatic hydroxyl groups excluding tert-OH is 1. The van der Waals surface area contributed by atoms with Crippen LogP contribution >= 0.6 is 0 Å². The van der Waals surface area contributed by atoms with Crippen molar-refractivity contribution in [2.75, 3.05) is 0 Å². The number of nitrogens with zero attached hydrogens (tertiary/aromatic N) is 1. The van der Waals surface area contributed by atoms with Gasteiger partial charge < -0.3 is 10.0 Å². The third-order valence-corrected chi connectivity index (χ3v) is 2.89. The van der Waals surface area contributed by atoms with Gasteiger partial charge in [0.1, 0.15) is 0 Å². The van der Waals surface area contributed by atoms with Crippen LogP contribution in [0.5, 0.6) is 0 Å². The van der Waals surface area contributed by atoms with Gasteiger partial charge in [-0.1, -0.05) is 0 Å². The van der Waals surface area contributed by atoms with Gasteiger partial charge in [-0.05, 0) is 25.7 Å². The molecule has 0 aliphatic carbocycles. The molecule has 2 aliphatic rings. The van der Waals surface area contributed by atoms with E-state index in [0.717, 1.165) is 32.1 Å². The van der Waals surface area contributed by atoms with E-state index in [4.69, 9.17) is 0 Å². The minimum Gasteiger partial charge on any atom is -0.393 e. The summed E-state index contributed by atoms with van der Waals surface area (Å²) in [6.07, 6.45) is 4.52. The third kappa shape index (κ3) is 1.03. The van der Waals surface area contributed by atoms with Crippen LogP contribution in [-0.2, 0) is 4.79 Å². The molecule has 0 saturated carbocycles. The van der Waals surface area contributed by atoms with Crippen molar-refractivity contribution in [2.24, 2.45) is 0 Å². The second-order valence-electron chi connectivity index (χ2n) is 3.56. The summed E-state index contributed by atoms with van der Waals surface area (Å²) in [6.45, 7) is 0. The first kappa shape index (κ1) is 7.10. The molecule has 0 radical (unpaired) electrons. The van der Waals surface area contributed by atoms with Crippen LogP contribution in [0.25, 0.3) is 0 Å². The van der Waals surface area contributed by atoms with Gasteiger partial charge >= 0.3 is 0 Å². The normalized spacial score (nSPS) is 42.6. The highest BCUT2D eigenvalue weighted by atomic mass is 16.3. The predicted molar refractivity (Wildman–Crippen MR) is 40.0 cm³/mol. The smallest absolute Gasteiger partial charge is 0.210 e. The topological polar surface area (TPSA) is 40.5 Å². The van der Waals surface area contributed by atoms with Crippen molar-refractivity contribution in [1.29, 1.82) is 0 Å². The largest absolute Gasteiger partial charge is 0.393 e. The Morgan fingerprint density at radius 2 is 1.82 bits per heavy atom. The van der Waals surface area contributed by atoms with E-state index < -0.39 is 0 Å². The van der Waals surface area contributed by atoms with Crippen molar-refractivity contribution in [2.45, 2.75) is 43.9 Å². The molecule has 2 fully saturated rings. The molecule has 2 saturated heterocycles. The lowest BCUT2D eigenvalue weighted by atomic mass is 10.0. The average molecular weight is 155 g/mol. The maximum atomic E-state index is 10.6. The Bertz CT molecular complexity index is 157. The zero-order valence-electron chi connectivity index (χ0n) is 6.44. The molecule has 1 amide bonds. The molecule has 3 heteroatoms. The Kier molecular flexibility index (Phi) is 1.60. The molecule has 11 heavy (non-hydrogen) atoms. The number of hydrogen-bond acceptors (Lipinski definition) is 2. The minimum absolute atomic E-state index is 0.163. The van der Waals surface area contributed by atoms with Crippen LogP contribution in [0.1, 0.15) is 25.7 Å². The average Bonchev–Trinajstić information content (AvgIpc) is 2.23. The summed E-state index contributed by atoms with van der Waals surface area (Å²) >= 11 is 0. The summed E-state index contributed by atoms with van der Waals surface area (Å²) < 4.78 is 0. The Labute approximate surface area is 66.0 Å². The molecule has 2 bridgehead atoms. The quantitative estimate of drug-likeness (QED) is 0.547. The molecule has 3 atom stereocenters. The Morgan fingerprint density at radius 1 is 1.27 bits per heavy atom. The molecule has 3 nitrogen and oxygen atoms in total. The highest BCUT2D eigenvalue weighted by Gasteiger charge is 2.39. The summed E-state index contributed by atoms with van der Waals surface area (Å²) in [7, 11) is 0. The van der Waals surface area contributed by atoms with Crippen molar-refractivity contribution in [3.63, 3.8) is 0 Å². The number of carbonyl (C=O) groups is 1. The molecular formula is C8H13NO2. The second kappa shape index (κ2) is 2.48. The SMILES string of the molecule is O=CN1[C@@H]2CC[C@H]1CC(O)C2. The van der Waals surface area contributed by atoms with E-state index in [0.29, 0.717) is 12.1 Å². The number of piperidine rings is 1. The molecule has 2 aliphatic heterocycles. The monoisotopic (exact) mass is 155 g/mol. The minimum atomic E-state index is -0.163. The van der Waals surface area contributed by atoms with Crippen molar-refractivity contribution in [3.05, 3.63) is 0 Å². The number of amides is 1. The molecule has 0 aromatic heterocycles. The lowest BCUT2D eigenvalue weighted by Gasteiger charge is -2.34. The Balaban J connectivity index is 2.12. The highest BCUT2D eigenvalue weighted by molar-refractivity contribution is 5.49. The van der Waals surface area contributed by atoms with E-state index in [1.807, 2.05) is 4.90 Å². The Hall–Kier alpha value is -0.570. The van der Waals surface area contributed by atoms with Crippen molar-refractivity contribution < 1.29 is 9.90 Å². The molecule has 1 N–H and O–H groups in total. The van der Waals surface area contributed by atoms with Gasteiger partial charge in [-0.25, -0.2) is 0 Å². The zero-order chi connectivity index (χ0) is 7.84. The fourth-order valence-electron chi connectivity index (χ4n) is 2.36. The first-order valence-electron chi connectivity index (χ1n) is 4.22. The van der Waals surface area contributed by atoms with E-state index in [1.54, 1.807) is 0 Å². The van der Waals surface area contributed by atoms with E-state index >= 15 is 0 Å². The summed E-state index contributed by atoms with van der Waals surface area (Å²) in [5, 5.41) is 9.36. The summed E-state index contributed by atoms with van der Waals surface area (Å²) in [5.41, 5.74) is 0. The first-order valence-corrected chi connectivity index (χ1v) is 4.22. The number of rotatable bonds is 1. The zero-order valence-corrected chi connectivity index (χ0v) is 6.44. The number of hydrogen-bond donors (Lipinski definition) is 1. The lowest BCUT2D eigenvalue weighted by molar-refractivity contribution is -0.123. The maximum Gasteiger partial charge on any atom is 0.210 e. The van der Waals surface area contributed by atoms with Crippen LogP contribution < -0.4 is 0 Å². The summed E-state index contributed by atoms with van der Waals surface area (Å²) in [4.78, 5) is 12.5. The molecule has 0 aromatic carbocycles. The molecule has 0 aromatic rings. The van der Waals surface area contributed by atoms with Crippen LogP contribution in [0.4, 0.5) is 0 Å². The fourth-order valence-corrected chi connectivity index (χ4v) is 2.36. The van der Waals surface area contributed by atoms with E-state index in [2.05, 4.69) is 0 Å². The van der Waals surface area contributed by atoms with Gasteiger partial charge in [-0.3, -0.25) is 4.79 Å². The van der Waals surface area contributed by atoms with Gasteiger partial charge in [0.05, 0.1) is 6.10 Å². The van der Waals surface area contributed by atoms with Gasteiger partial charge in [0.15, 0.2) is 0 Å². The molecule has 1 unspecified atom stereocenters. The number of fused-ring (bicyclic) bond motifs is 2. The molecule has 0 spiro atoms. The fraction of sp³-hybridized carbons (Fsp3) is 0.875. The van der Waals surface area contributed by atoms with Gasteiger partial charge in [-0.2, -0.15) is 0 Å². The van der Waals surface area contributed by atoms with Gasteiger partial charge in [0.2, 0.25) is 6.41 Å². The number of carbonyl (C=O) groups excluding carboxylic acids is 1. The van der Waals surface area contributed by atoms with Crippen LogP contribution in [0.2, 0.25) is 0 Å². The van der Waals surface area contributed by atoms with Gasteiger partial charge in [-0.15, -0.1) is 0 Å². The van der Waals surface area contributed by atoms with E-state index in [-0.39, 0.29) is 6.10 Å². The molecule has 2 heterocycles. The lowest BCUT2D eigenvalue weighted by Crippen LogP contribution is -2.43. The van der Waals surface area contributed by atoms with Crippen LogP contribution in [0.3, 0.4) is 0 Å². The van der Waals surface area contributed by atoms with Crippen LogP contribution in [-0.4, -0.2) is 34.6 Å². The first-order chi connectivity index (χ1) is 5.31. The summed E-state index contributed by atoms with van der Waals surface area (Å²) in [5.74, 6) is 0. The second-order valence-corrected chi connectivity index (χ2v) is 3.56. The highest BCUT2D eigenvalue weighted by Crippen LogP contribution is 2.34. The summed E-state index contributed by atoms with van der Waals surface area (Å²) in [6, 6.07) is 0.669.